The fraction of sp³-hybridized carbons (Fsp3) is 0.250. The quantitative estimate of drug-likeness (QED) is 0.749. The average Bonchev–Trinajstić information content (AvgIpc) is 2.27. The normalized spacial score (nSPS) is 11.6. The van der Waals surface area contributed by atoms with E-state index in [2.05, 4.69) is 6.58 Å². The van der Waals surface area contributed by atoms with Crippen LogP contribution in [0.25, 0.3) is 0 Å². The molecule has 1 rings (SSSR count). The van der Waals surface area contributed by atoms with Gasteiger partial charge in [-0.1, -0.05) is 24.8 Å². The first-order valence-corrected chi connectivity index (χ1v) is 4.87. The summed E-state index contributed by atoms with van der Waals surface area (Å²) in [6.45, 7) is 5.35. The third-order valence-corrected chi connectivity index (χ3v) is 1.86. The first kappa shape index (κ1) is 12.1. The van der Waals surface area contributed by atoms with Gasteiger partial charge in [0.2, 0.25) is 0 Å². The summed E-state index contributed by atoms with van der Waals surface area (Å²) in [5.74, 6) is -0.0896. The van der Waals surface area contributed by atoms with E-state index < -0.39 is 12.1 Å². The summed E-state index contributed by atoms with van der Waals surface area (Å²) in [5, 5.41) is 8.73. The highest BCUT2D eigenvalue weighted by atomic mass is 16.5. The summed E-state index contributed by atoms with van der Waals surface area (Å²) >= 11 is 0. The Balaban J connectivity index is 2.77. The molecule has 4 nitrogen and oxygen atoms in total. The molecule has 0 fully saturated rings. The molecule has 0 saturated carbocycles. The largest absolute Gasteiger partial charge is 0.486 e. The summed E-state index contributed by atoms with van der Waals surface area (Å²) in [6, 6.07) is 6.92. The van der Waals surface area contributed by atoms with Crippen molar-refractivity contribution in [1.29, 1.82) is 0 Å². The van der Waals surface area contributed by atoms with Crippen molar-refractivity contribution in [2.45, 2.75) is 13.0 Å². The van der Waals surface area contributed by atoms with Gasteiger partial charge in [0.15, 0.2) is 17.6 Å². The monoisotopic (exact) mass is 222 g/mol. The van der Waals surface area contributed by atoms with E-state index >= 15 is 0 Å². The summed E-state index contributed by atoms with van der Waals surface area (Å²) < 4.78 is 10.6. The van der Waals surface area contributed by atoms with Crippen LogP contribution in [-0.2, 0) is 4.79 Å². The molecular formula is C12H14O4. The molecule has 0 bridgehead atoms. The van der Waals surface area contributed by atoms with Gasteiger partial charge in [0.1, 0.15) is 6.61 Å². The van der Waals surface area contributed by atoms with Crippen LogP contribution in [0.1, 0.15) is 6.92 Å². The van der Waals surface area contributed by atoms with E-state index in [9.17, 15) is 4.79 Å². The molecule has 0 saturated heterocycles. The molecule has 1 aromatic carbocycles. The Morgan fingerprint density at radius 2 is 2.12 bits per heavy atom. The third kappa shape index (κ3) is 3.31. The molecule has 1 atom stereocenters. The third-order valence-electron chi connectivity index (χ3n) is 1.86. The molecule has 0 heterocycles. The smallest absolute Gasteiger partial charge is 0.344 e. The predicted octanol–water partition coefficient (Wildman–Crippen LogP) is 2.10. The molecule has 1 unspecified atom stereocenters. The van der Waals surface area contributed by atoms with E-state index in [-0.39, 0.29) is 0 Å². The molecule has 4 heteroatoms. The zero-order valence-electron chi connectivity index (χ0n) is 9.05. The second-order valence-electron chi connectivity index (χ2n) is 3.14. The Kier molecular flexibility index (Phi) is 4.39. The minimum atomic E-state index is -1.02. The van der Waals surface area contributed by atoms with E-state index in [0.29, 0.717) is 18.1 Å². The standard InChI is InChI=1S/C12H14O4/c1-3-8-15-10-6-4-5-7-11(10)16-9(2)12(13)14/h3-7,9H,1,8H2,2H3,(H,13,14). The first-order valence-electron chi connectivity index (χ1n) is 4.87. The maximum Gasteiger partial charge on any atom is 0.344 e. The number of carboxylic acids is 1. The highest BCUT2D eigenvalue weighted by molar-refractivity contribution is 5.72. The number of aliphatic carboxylic acids is 1. The van der Waals surface area contributed by atoms with Gasteiger partial charge in [-0.15, -0.1) is 0 Å². The van der Waals surface area contributed by atoms with E-state index in [4.69, 9.17) is 14.6 Å². The minimum Gasteiger partial charge on any atom is -0.486 e. The number of carbonyl (C=O) groups is 1. The highest BCUT2D eigenvalue weighted by Gasteiger charge is 2.14. The van der Waals surface area contributed by atoms with Crippen LogP contribution in [0.4, 0.5) is 0 Å². The number of hydrogen-bond acceptors (Lipinski definition) is 3. The first-order chi connectivity index (χ1) is 7.65. The number of ether oxygens (including phenoxy) is 2. The molecule has 0 radical (unpaired) electrons. The Morgan fingerprint density at radius 3 is 2.69 bits per heavy atom. The van der Waals surface area contributed by atoms with Gasteiger partial charge in [0.05, 0.1) is 0 Å². The van der Waals surface area contributed by atoms with Crippen LogP contribution in [0.15, 0.2) is 36.9 Å². The van der Waals surface area contributed by atoms with Crippen LogP contribution < -0.4 is 9.47 Å². The molecule has 86 valence electrons. The second kappa shape index (κ2) is 5.80. The average molecular weight is 222 g/mol. The lowest BCUT2D eigenvalue weighted by Gasteiger charge is -2.14. The molecular weight excluding hydrogens is 208 g/mol. The van der Waals surface area contributed by atoms with Crippen LogP contribution in [-0.4, -0.2) is 23.8 Å². The van der Waals surface area contributed by atoms with Gasteiger partial charge >= 0.3 is 5.97 Å². The maximum absolute atomic E-state index is 10.6. The van der Waals surface area contributed by atoms with E-state index in [1.54, 1.807) is 30.3 Å². The number of para-hydroxylation sites is 2. The minimum absolute atomic E-state index is 0.349. The van der Waals surface area contributed by atoms with Crippen LogP contribution in [0, 0.1) is 0 Å². The van der Waals surface area contributed by atoms with Crippen molar-refractivity contribution in [2.75, 3.05) is 6.61 Å². The van der Waals surface area contributed by atoms with Crippen LogP contribution in [0.2, 0.25) is 0 Å². The Hall–Kier alpha value is -1.97. The van der Waals surface area contributed by atoms with Gasteiger partial charge in [0, 0.05) is 0 Å². The topological polar surface area (TPSA) is 55.8 Å². The van der Waals surface area contributed by atoms with Gasteiger partial charge in [0.25, 0.3) is 0 Å². The molecule has 0 aliphatic carbocycles. The van der Waals surface area contributed by atoms with Gasteiger partial charge in [-0.3, -0.25) is 0 Å². The number of benzene rings is 1. The lowest BCUT2D eigenvalue weighted by atomic mass is 10.3. The number of rotatable bonds is 6. The lowest BCUT2D eigenvalue weighted by molar-refractivity contribution is -0.144. The van der Waals surface area contributed by atoms with Gasteiger partial charge in [-0.25, -0.2) is 4.79 Å². The Morgan fingerprint density at radius 1 is 1.50 bits per heavy atom. The van der Waals surface area contributed by atoms with Crippen molar-refractivity contribution in [3.63, 3.8) is 0 Å². The van der Waals surface area contributed by atoms with Gasteiger partial charge < -0.3 is 14.6 Å². The molecule has 0 aromatic heterocycles. The Labute approximate surface area is 94.1 Å². The van der Waals surface area contributed by atoms with E-state index in [0.717, 1.165) is 0 Å². The fourth-order valence-corrected chi connectivity index (χ4v) is 1.06. The van der Waals surface area contributed by atoms with Gasteiger partial charge in [-0.05, 0) is 19.1 Å². The molecule has 1 aromatic rings. The predicted molar refractivity (Wildman–Crippen MR) is 59.9 cm³/mol. The zero-order chi connectivity index (χ0) is 12.0. The van der Waals surface area contributed by atoms with Crippen molar-refractivity contribution >= 4 is 5.97 Å². The summed E-state index contributed by atoms with van der Waals surface area (Å²) in [4.78, 5) is 10.6. The molecule has 16 heavy (non-hydrogen) atoms. The van der Waals surface area contributed by atoms with Crippen LogP contribution in [0.5, 0.6) is 11.5 Å². The van der Waals surface area contributed by atoms with E-state index in [1.807, 2.05) is 0 Å². The van der Waals surface area contributed by atoms with Crippen molar-refractivity contribution in [3.05, 3.63) is 36.9 Å². The van der Waals surface area contributed by atoms with Crippen molar-refractivity contribution in [2.24, 2.45) is 0 Å². The molecule has 0 aliphatic rings. The van der Waals surface area contributed by atoms with Crippen LogP contribution >= 0.6 is 0 Å². The summed E-state index contributed by atoms with van der Waals surface area (Å²) in [5.41, 5.74) is 0. The van der Waals surface area contributed by atoms with Gasteiger partial charge in [-0.2, -0.15) is 0 Å². The molecule has 0 spiro atoms. The highest BCUT2D eigenvalue weighted by Crippen LogP contribution is 2.27. The van der Waals surface area contributed by atoms with Crippen molar-refractivity contribution in [1.82, 2.24) is 0 Å². The SMILES string of the molecule is C=CCOc1ccccc1OC(C)C(=O)O. The zero-order valence-corrected chi connectivity index (χ0v) is 9.05. The number of hydrogen-bond donors (Lipinski definition) is 1. The maximum atomic E-state index is 10.6. The summed E-state index contributed by atoms with van der Waals surface area (Å²) in [6.07, 6.45) is 0.700. The number of carboxylic acid groups (broad SMARTS) is 1. The fourth-order valence-electron chi connectivity index (χ4n) is 1.06. The van der Waals surface area contributed by atoms with Crippen molar-refractivity contribution in [3.8, 4) is 11.5 Å². The summed E-state index contributed by atoms with van der Waals surface area (Å²) in [7, 11) is 0. The van der Waals surface area contributed by atoms with Crippen molar-refractivity contribution < 1.29 is 19.4 Å². The molecule has 0 amide bonds. The molecule has 1 N–H and O–H groups in total. The molecule has 0 aliphatic heterocycles. The Bertz CT molecular complexity index is 373. The lowest BCUT2D eigenvalue weighted by Crippen LogP contribution is -2.23. The second-order valence-corrected chi connectivity index (χ2v) is 3.14. The van der Waals surface area contributed by atoms with E-state index in [1.165, 1.54) is 6.92 Å². The van der Waals surface area contributed by atoms with Crippen LogP contribution in [0.3, 0.4) is 0 Å².